The van der Waals surface area contributed by atoms with Crippen LogP contribution in [0.1, 0.15) is 42.1 Å². The van der Waals surface area contributed by atoms with E-state index < -0.39 is 12.0 Å². The molecule has 1 aromatic carbocycles. The number of carbonyl (C=O) groups is 1. The van der Waals surface area contributed by atoms with Crippen molar-refractivity contribution in [2.75, 3.05) is 25.5 Å². The molecular formula is C21H27N3O2. The number of hydrogen-bond acceptors (Lipinski definition) is 4. The van der Waals surface area contributed by atoms with Gasteiger partial charge in [-0.1, -0.05) is 24.6 Å². The third-order valence-corrected chi connectivity index (χ3v) is 5.20. The van der Waals surface area contributed by atoms with Crippen molar-refractivity contribution in [3.05, 3.63) is 59.4 Å². The molecule has 138 valence electrons. The lowest BCUT2D eigenvalue weighted by Crippen LogP contribution is -2.47. The standard InChI is InChI=1S/C21H27N3O2/c1-15-7-6-13-22-19(15)20(16-9-11-17(12-10-16)23(2)3)24-14-5-4-8-18(24)21(25)26/h6-7,9-13,18,20H,4-5,8,14H2,1-3H3,(H,25,26). The minimum atomic E-state index is -0.742. The Labute approximate surface area is 155 Å². The quantitative estimate of drug-likeness (QED) is 0.892. The molecule has 0 radical (unpaired) electrons. The van der Waals surface area contributed by atoms with Gasteiger partial charge in [0.25, 0.3) is 0 Å². The van der Waals surface area contributed by atoms with Crippen LogP contribution in [0.25, 0.3) is 0 Å². The third-order valence-electron chi connectivity index (χ3n) is 5.20. The number of aromatic nitrogens is 1. The zero-order valence-corrected chi connectivity index (χ0v) is 15.7. The second-order valence-corrected chi connectivity index (χ2v) is 7.18. The Morgan fingerprint density at radius 1 is 1.23 bits per heavy atom. The van der Waals surface area contributed by atoms with E-state index in [1.165, 1.54) is 0 Å². The Hall–Kier alpha value is -2.40. The number of benzene rings is 1. The van der Waals surface area contributed by atoms with E-state index in [0.29, 0.717) is 6.42 Å². The smallest absolute Gasteiger partial charge is 0.320 e. The van der Waals surface area contributed by atoms with Crippen molar-refractivity contribution in [1.29, 1.82) is 0 Å². The highest BCUT2D eigenvalue weighted by molar-refractivity contribution is 5.73. The maximum atomic E-state index is 11.9. The van der Waals surface area contributed by atoms with Crippen LogP contribution in [0.15, 0.2) is 42.6 Å². The Kier molecular flexibility index (Phi) is 5.57. The lowest BCUT2D eigenvalue weighted by molar-refractivity contribution is -0.145. The van der Waals surface area contributed by atoms with Crippen LogP contribution in [0.4, 0.5) is 5.69 Å². The first-order valence-corrected chi connectivity index (χ1v) is 9.16. The van der Waals surface area contributed by atoms with Crippen LogP contribution in [-0.4, -0.2) is 47.6 Å². The van der Waals surface area contributed by atoms with E-state index in [4.69, 9.17) is 0 Å². The van der Waals surface area contributed by atoms with Gasteiger partial charge >= 0.3 is 5.97 Å². The van der Waals surface area contributed by atoms with Crippen LogP contribution < -0.4 is 4.90 Å². The van der Waals surface area contributed by atoms with Gasteiger partial charge in [-0.3, -0.25) is 14.7 Å². The number of hydrogen-bond donors (Lipinski definition) is 1. The fourth-order valence-electron chi connectivity index (χ4n) is 3.77. The van der Waals surface area contributed by atoms with E-state index in [1.807, 2.05) is 33.2 Å². The highest BCUT2D eigenvalue weighted by Gasteiger charge is 2.36. The summed E-state index contributed by atoms with van der Waals surface area (Å²) in [6, 6.07) is 11.7. The molecule has 1 N–H and O–H groups in total. The molecule has 1 aromatic heterocycles. The molecule has 1 aliphatic rings. The predicted octanol–water partition coefficient (Wildman–Crippen LogP) is 3.48. The zero-order valence-electron chi connectivity index (χ0n) is 15.7. The molecule has 0 bridgehead atoms. The predicted molar refractivity (Wildman–Crippen MR) is 104 cm³/mol. The van der Waals surface area contributed by atoms with E-state index in [0.717, 1.165) is 41.9 Å². The average molecular weight is 353 g/mol. The number of piperidine rings is 1. The fraction of sp³-hybridized carbons (Fsp3) is 0.429. The first kappa shape index (κ1) is 18.4. The molecule has 2 atom stereocenters. The molecule has 2 aromatic rings. The number of nitrogens with zero attached hydrogens (tertiary/aromatic N) is 3. The summed E-state index contributed by atoms with van der Waals surface area (Å²) in [5.74, 6) is -0.742. The Bertz CT molecular complexity index is 758. The third kappa shape index (κ3) is 3.73. The first-order chi connectivity index (χ1) is 12.5. The molecule has 26 heavy (non-hydrogen) atoms. The molecule has 0 saturated carbocycles. The van der Waals surface area contributed by atoms with Crippen molar-refractivity contribution in [3.8, 4) is 0 Å². The highest BCUT2D eigenvalue weighted by Crippen LogP contribution is 2.35. The molecule has 5 heteroatoms. The first-order valence-electron chi connectivity index (χ1n) is 9.16. The van der Waals surface area contributed by atoms with Gasteiger partial charge in [-0.05, 0) is 55.6 Å². The second kappa shape index (κ2) is 7.87. The van der Waals surface area contributed by atoms with Crippen LogP contribution in [0.5, 0.6) is 0 Å². The van der Waals surface area contributed by atoms with Crippen molar-refractivity contribution in [2.45, 2.75) is 38.3 Å². The van der Waals surface area contributed by atoms with Crippen molar-refractivity contribution < 1.29 is 9.90 Å². The molecule has 0 amide bonds. The van der Waals surface area contributed by atoms with Crippen molar-refractivity contribution in [1.82, 2.24) is 9.88 Å². The number of aliphatic carboxylic acids is 1. The van der Waals surface area contributed by atoms with E-state index in [1.54, 1.807) is 6.20 Å². The zero-order chi connectivity index (χ0) is 18.7. The topological polar surface area (TPSA) is 56.7 Å². The summed E-state index contributed by atoms with van der Waals surface area (Å²) in [6.07, 6.45) is 4.46. The summed E-state index contributed by atoms with van der Waals surface area (Å²) in [7, 11) is 4.03. The van der Waals surface area contributed by atoms with Gasteiger partial charge < -0.3 is 10.0 Å². The Balaban J connectivity index is 2.07. The van der Waals surface area contributed by atoms with E-state index in [2.05, 4.69) is 39.0 Å². The molecular weight excluding hydrogens is 326 g/mol. The number of anilines is 1. The van der Waals surface area contributed by atoms with Gasteiger partial charge in [0, 0.05) is 26.0 Å². The van der Waals surface area contributed by atoms with Crippen LogP contribution >= 0.6 is 0 Å². The lowest BCUT2D eigenvalue weighted by Gasteiger charge is -2.39. The molecule has 5 nitrogen and oxygen atoms in total. The summed E-state index contributed by atoms with van der Waals surface area (Å²) in [4.78, 5) is 20.7. The second-order valence-electron chi connectivity index (χ2n) is 7.18. The minimum absolute atomic E-state index is 0.145. The SMILES string of the molecule is Cc1cccnc1C(c1ccc(N(C)C)cc1)N1CCCCC1C(=O)O. The van der Waals surface area contributed by atoms with Crippen LogP contribution in [0.2, 0.25) is 0 Å². The van der Waals surface area contributed by atoms with Gasteiger partial charge in [-0.25, -0.2) is 0 Å². The van der Waals surface area contributed by atoms with E-state index in [9.17, 15) is 9.90 Å². The number of rotatable bonds is 5. The Morgan fingerprint density at radius 3 is 2.58 bits per heavy atom. The van der Waals surface area contributed by atoms with Crippen molar-refractivity contribution in [2.24, 2.45) is 0 Å². The lowest BCUT2D eigenvalue weighted by atomic mass is 9.92. The summed E-state index contributed by atoms with van der Waals surface area (Å²) in [5.41, 5.74) is 4.24. The molecule has 1 saturated heterocycles. The summed E-state index contributed by atoms with van der Waals surface area (Å²) < 4.78 is 0. The molecule has 2 unspecified atom stereocenters. The fourth-order valence-corrected chi connectivity index (χ4v) is 3.77. The summed E-state index contributed by atoms with van der Waals surface area (Å²) >= 11 is 0. The molecule has 2 heterocycles. The highest BCUT2D eigenvalue weighted by atomic mass is 16.4. The van der Waals surface area contributed by atoms with Gasteiger partial charge in [0.2, 0.25) is 0 Å². The number of carboxylic acids is 1. The number of carboxylic acid groups (broad SMARTS) is 1. The summed E-state index contributed by atoms with van der Waals surface area (Å²) in [5, 5.41) is 9.77. The van der Waals surface area contributed by atoms with Crippen molar-refractivity contribution in [3.63, 3.8) is 0 Å². The number of likely N-dealkylation sites (tertiary alicyclic amines) is 1. The van der Waals surface area contributed by atoms with Gasteiger partial charge in [0.15, 0.2) is 0 Å². The largest absolute Gasteiger partial charge is 0.480 e. The molecule has 0 spiro atoms. The normalized spacial score (nSPS) is 19.1. The molecule has 0 aliphatic carbocycles. The minimum Gasteiger partial charge on any atom is -0.480 e. The number of aryl methyl sites for hydroxylation is 1. The molecule has 1 fully saturated rings. The maximum Gasteiger partial charge on any atom is 0.320 e. The monoisotopic (exact) mass is 353 g/mol. The van der Waals surface area contributed by atoms with Crippen LogP contribution in [0.3, 0.4) is 0 Å². The van der Waals surface area contributed by atoms with E-state index in [-0.39, 0.29) is 6.04 Å². The van der Waals surface area contributed by atoms with Gasteiger partial charge in [0.1, 0.15) is 6.04 Å². The van der Waals surface area contributed by atoms with Gasteiger partial charge in [0.05, 0.1) is 11.7 Å². The van der Waals surface area contributed by atoms with Crippen LogP contribution in [-0.2, 0) is 4.79 Å². The number of pyridine rings is 1. The van der Waals surface area contributed by atoms with Crippen LogP contribution in [0, 0.1) is 6.92 Å². The average Bonchev–Trinajstić information content (AvgIpc) is 2.64. The Morgan fingerprint density at radius 2 is 1.96 bits per heavy atom. The van der Waals surface area contributed by atoms with Gasteiger partial charge in [-0.15, -0.1) is 0 Å². The molecule has 1 aliphatic heterocycles. The summed E-state index contributed by atoms with van der Waals surface area (Å²) in [6.45, 7) is 2.82. The maximum absolute atomic E-state index is 11.9. The van der Waals surface area contributed by atoms with Gasteiger partial charge in [-0.2, -0.15) is 0 Å². The van der Waals surface area contributed by atoms with Crippen molar-refractivity contribution >= 4 is 11.7 Å². The van der Waals surface area contributed by atoms with E-state index >= 15 is 0 Å². The molecule has 3 rings (SSSR count).